The van der Waals surface area contributed by atoms with Crippen LogP contribution in [0.4, 0.5) is 5.69 Å². The Morgan fingerprint density at radius 1 is 0.842 bits per heavy atom. The fourth-order valence-corrected chi connectivity index (χ4v) is 5.41. The first-order valence-electron chi connectivity index (χ1n) is 12.0. The summed E-state index contributed by atoms with van der Waals surface area (Å²) in [4.78, 5) is 13.4. The van der Waals surface area contributed by atoms with Gasteiger partial charge in [0, 0.05) is 6.07 Å². The van der Waals surface area contributed by atoms with Crippen molar-refractivity contribution in [1.82, 2.24) is 5.32 Å². The minimum Gasteiger partial charge on any atom is -0.497 e. The van der Waals surface area contributed by atoms with Crippen molar-refractivity contribution < 1.29 is 32.2 Å². The van der Waals surface area contributed by atoms with E-state index in [4.69, 9.17) is 18.9 Å². The summed E-state index contributed by atoms with van der Waals surface area (Å²) in [5.74, 6) is 1.30. The monoisotopic (exact) mass is 542 g/mol. The summed E-state index contributed by atoms with van der Waals surface area (Å²) in [5.41, 5.74) is 1.89. The summed E-state index contributed by atoms with van der Waals surface area (Å²) in [7, 11) is 1.85. The van der Waals surface area contributed by atoms with E-state index in [1.54, 1.807) is 43.5 Å². The van der Waals surface area contributed by atoms with Gasteiger partial charge in [0.1, 0.15) is 18.0 Å². The molecule has 0 aromatic heterocycles. The first-order chi connectivity index (χ1) is 18.2. The molecule has 3 rings (SSSR count). The van der Waals surface area contributed by atoms with E-state index in [-0.39, 0.29) is 16.3 Å². The van der Waals surface area contributed by atoms with Crippen LogP contribution >= 0.6 is 0 Å². The summed E-state index contributed by atoms with van der Waals surface area (Å²) >= 11 is 0. The molecule has 10 heteroatoms. The highest BCUT2D eigenvalue weighted by Gasteiger charge is 2.30. The number of ether oxygens (including phenoxy) is 4. The van der Waals surface area contributed by atoms with Crippen molar-refractivity contribution in [2.24, 2.45) is 0 Å². The van der Waals surface area contributed by atoms with E-state index < -0.39 is 28.5 Å². The van der Waals surface area contributed by atoms with Crippen molar-refractivity contribution in [3.8, 4) is 23.0 Å². The number of amides is 1. The summed E-state index contributed by atoms with van der Waals surface area (Å²) in [5, 5.41) is 2.96. The quantitative estimate of drug-likeness (QED) is 0.360. The summed E-state index contributed by atoms with van der Waals surface area (Å²) in [6.07, 6.45) is 0.564. The third-order valence-electron chi connectivity index (χ3n) is 6.10. The molecule has 0 saturated carbocycles. The van der Waals surface area contributed by atoms with Crippen molar-refractivity contribution in [3.63, 3.8) is 0 Å². The molecule has 1 N–H and O–H groups in total. The Bertz CT molecular complexity index is 1360. The van der Waals surface area contributed by atoms with Gasteiger partial charge in [0.05, 0.1) is 45.1 Å². The number of benzene rings is 3. The smallest absolute Gasteiger partial charge is 0.264 e. The summed E-state index contributed by atoms with van der Waals surface area (Å²) < 4.78 is 50.2. The van der Waals surface area contributed by atoms with Crippen molar-refractivity contribution in [2.75, 3.05) is 39.3 Å². The first kappa shape index (κ1) is 28.6. The standard InChI is InChI=1S/C28H34N2O7S/c1-7-23(20-10-14-26(36-5)27(16-20)37-6)29-28(31)18-30(24-17-21(34-3)11-15-25(24)35-4)38(32,33)22-12-8-19(2)9-13-22/h8-17,23H,7,18H2,1-6H3,(H,29,31). The fourth-order valence-electron chi connectivity index (χ4n) is 3.99. The molecular weight excluding hydrogens is 508 g/mol. The third-order valence-corrected chi connectivity index (χ3v) is 7.88. The van der Waals surface area contributed by atoms with Crippen LogP contribution < -0.4 is 28.6 Å². The molecule has 0 radical (unpaired) electrons. The number of aryl methyl sites for hydroxylation is 1. The predicted octanol–water partition coefficient (Wildman–Crippen LogP) is 4.49. The van der Waals surface area contributed by atoms with Gasteiger partial charge >= 0.3 is 0 Å². The van der Waals surface area contributed by atoms with Gasteiger partial charge in [-0.25, -0.2) is 8.42 Å². The van der Waals surface area contributed by atoms with Gasteiger partial charge in [-0.05, 0) is 55.3 Å². The van der Waals surface area contributed by atoms with Gasteiger partial charge in [0.25, 0.3) is 10.0 Å². The second-order valence-electron chi connectivity index (χ2n) is 8.51. The SMILES string of the molecule is CCC(NC(=O)CN(c1cc(OC)ccc1OC)S(=O)(=O)c1ccc(C)cc1)c1ccc(OC)c(OC)c1. The zero-order chi connectivity index (χ0) is 27.9. The van der Waals surface area contributed by atoms with E-state index >= 15 is 0 Å². The molecule has 9 nitrogen and oxygen atoms in total. The minimum absolute atomic E-state index is 0.0488. The van der Waals surface area contributed by atoms with E-state index in [0.29, 0.717) is 23.7 Å². The van der Waals surface area contributed by atoms with Gasteiger partial charge in [-0.2, -0.15) is 0 Å². The molecular formula is C28H34N2O7S. The van der Waals surface area contributed by atoms with Crippen LogP contribution in [0.25, 0.3) is 0 Å². The van der Waals surface area contributed by atoms with Crippen LogP contribution in [0.2, 0.25) is 0 Å². The first-order valence-corrected chi connectivity index (χ1v) is 13.4. The Morgan fingerprint density at radius 3 is 2.05 bits per heavy atom. The number of sulfonamides is 1. The van der Waals surface area contributed by atoms with E-state index in [0.717, 1.165) is 15.4 Å². The van der Waals surface area contributed by atoms with Crippen LogP contribution in [0.15, 0.2) is 65.6 Å². The van der Waals surface area contributed by atoms with Crippen molar-refractivity contribution in [3.05, 3.63) is 71.8 Å². The summed E-state index contributed by atoms with van der Waals surface area (Å²) in [6, 6.07) is 16.2. The van der Waals surface area contributed by atoms with Crippen LogP contribution in [0.1, 0.15) is 30.5 Å². The van der Waals surface area contributed by atoms with Crippen molar-refractivity contribution in [1.29, 1.82) is 0 Å². The van der Waals surface area contributed by atoms with Gasteiger partial charge < -0.3 is 24.3 Å². The topological polar surface area (TPSA) is 103 Å². The third kappa shape index (κ3) is 6.31. The highest BCUT2D eigenvalue weighted by molar-refractivity contribution is 7.92. The number of rotatable bonds is 12. The van der Waals surface area contributed by atoms with Gasteiger partial charge in [-0.1, -0.05) is 30.7 Å². The van der Waals surface area contributed by atoms with Gasteiger partial charge in [0.15, 0.2) is 11.5 Å². The van der Waals surface area contributed by atoms with E-state index in [1.807, 2.05) is 19.9 Å². The van der Waals surface area contributed by atoms with Crippen LogP contribution in [0, 0.1) is 6.92 Å². The molecule has 3 aromatic carbocycles. The number of nitrogens with zero attached hydrogens (tertiary/aromatic N) is 1. The Morgan fingerprint density at radius 2 is 1.47 bits per heavy atom. The minimum atomic E-state index is -4.15. The molecule has 0 aliphatic heterocycles. The number of methoxy groups -OCH3 is 4. The maximum absolute atomic E-state index is 13.8. The number of hydrogen-bond donors (Lipinski definition) is 1. The fraction of sp³-hybridized carbons (Fsp3) is 0.321. The zero-order valence-corrected chi connectivity index (χ0v) is 23.3. The molecule has 0 heterocycles. The molecule has 0 aliphatic rings. The van der Waals surface area contributed by atoms with Crippen molar-refractivity contribution in [2.45, 2.75) is 31.2 Å². The maximum atomic E-state index is 13.8. The average molecular weight is 543 g/mol. The normalized spacial score (nSPS) is 11.8. The van der Waals surface area contributed by atoms with Gasteiger partial charge in [0.2, 0.25) is 5.91 Å². The summed E-state index contributed by atoms with van der Waals surface area (Å²) in [6.45, 7) is 3.31. The van der Waals surface area contributed by atoms with Crippen LogP contribution in [0.5, 0.6) is 23.0 Å². The van der Waals surface area contributed by atoms with Crippen LogP contribution in [-0.2, 0) is 14.8 Å². The van der Waals surface area contributed by atoms with Gasteiger partial charge in [-0.15, -0.1) is 0 Å². The molecule has 0 saturated heterocycles. The molecule has 1 amide bonds. The largest absolute Gasteiger partial charge is 0.497 e. The number of anilines is 1. The molecule has 1 atom stereocenters. The number of nitrogens with one attached hydrogen (secondary N) is 1. The lowest BCUT2D eigenvalue weighted by Gasteiger charge is -2.27. The Hall–Kier alpha value is -3.92. The van der Waals surface area contributed by atoms with Crippen LogP contribution in [-0.4, -0.2) is 49.3 Å². The molecule has 0 bridgehead atoms. The zero-order valence-electron chi connectivity index (χ0n) is 22.5. The molecule has 0 fully saturated rings. The molecule has 38 heavy (non-hydrogen) atoms. The van der Waals surface area contributed by atoms with E-state index in [2.05, 4.69) is 5.32 Å². The molecule has 204 valence electrons. The average Bonchev–Trinajstić information content (AvgIpc) is 2.94. The second-order valence-corrected chi connectivity index (χ2v) is 10.4. The number of carbonyl (C=O) groups excluding carboxylic acids is 1. The predicted molar refractivity (Wildman–Crippen MR) is 146 cm³/mol. The maximum Gasteiger partial charge on any atom is 0.264 e. The van der Waals surface area contributed by atoms with Crippen molar-refractivity contribution >= 4 is 21.6 Å². The lowest BCUT2D eigenvalue weighted by Crippen LogP contribution is -2.42. The second kappa shape index (κ2) is 12.6. The molecule has 1 unspecified atom stereocenters. The molecule has 0 spiro atoms. The molecule has 0 aliphatic carbocycles. The Balaban J connectivity index is 2.00. The molecule has 3 aromatic rings. The number of hydrogen-bond acceptors (Lipinski definition) is 7. The highest BCUT2D eigenvalue weighted by atomic mass is 32.2. The Kier molecular flexibility index (Phi) is 9.46. The Labute approximate surface area is 224 Å². The lowest BCUT2D eigenvalue weighted by molar-refractivity contribution is -0.120. The van der Waals surface area contributed by atoms with Crippen LogP contribution in [0.3, 0.4) is 0 Å². The van der Waals surface area contributed by atoms with E-state index in [9.17, 15) is 13.2 Å². The van der Waals surface area contributed by atoms with E-state index in [1.165, 1.54) is 39.5 Å². The van der Waals surface area contributed by atoms with Gasteiger partial charge in [-0.3, -0.25) is 9.10 Å². The lowest BCUT2D eigenvalue weighted by atomic mass is 10.0. The number of carbonyl (C=O) groups is 1. The highest BCUT2D eigenvalue weighted by Crippen LogP contribution is 2.36.